The molecule has 0 aliphatic carbocycles. The summed E-state index contributed by atoms with van der Waals surface area (Å²) in [6.07, 6.45) is 0.361. The first-order valence-electron chi connectivity index (χ1n) is 6.67. The molecule has 0 saturated carbocycles. The van der Waals surface area contributed by atoms with E-state index >= 15 is 0 Å². The van der Waals surface area contributed by atoms with Crippen molar-refractivity contribution >= 4 is 39.7 Å². The van der Waals surface area contributed by atoms with Crippen LogP contribution < -0.4 is 0 Å². The zero-order valence-electron chi connectivity index (χ0n) is 11.7. The van der Waals surface area contributed by atoms with Crippen molar-refractivity contribution in [2.75, 3.05) is 0 Å². The quantitative estimate of drug-likeness (QED) is 0.651. The number of hydrogen-bond donors (Lipinski definition) is 2. The predicted molar refractivity (Wildman–Crippen MR) is 89.6 cm³/mol. The maximum absolute atomic E-state index is 10.8. The van der Waals surface area contributed by atoms with Crippen molar-refractivity contribution in [3.05, 3.63) is 59.7 Å². The van der Waals surface area contributed by atoms with E-state index in [-0.39, 0.29) is 36.0 Å². The van der Waals surface area contributed by atoms with Crippen LogP contribution in [0.1, 0.15) is 17.5 Å². The molecule has 6 heteroatoms. The number of aliphatic hydroxyl groups excluding tert-OH is 1. The van der Waals surface area contributed by atoms with Crippen molar-refractivity contribution in [2.24, 2.45) is 0 Å². The van der Waals surface area contributed by atoms with Crippen LogP contribution >= 0.6 is 0 Å². The fraction of sp³-hybridized carbons (Fsp3) is 0.250. The molecular weight excluding hydrogens is 311 g/mol. The van der Waals surface area contributed by atoms with E-state index in [4.69, 9.17) is 4.55 Å². The van der Waals surface area contributed by atoms with E-state index in [1.54, 1.807) is 0 Å². The molecule has 2 rings (SSSR count). The zero-order valence-corrected chi connectivity index (χ0v) is 12.5. The van der Waals surface area contributed by atoms with Gasteiger partial charge in [-0.1, -0.05) is 48.5 Å². The third kappa shape index (κ3) is 5.19. The van der Waals surface area contributed by atoms with Crippen LogP contribution in [0.4, 0.5) is 0 Å². The normalized spacial score (nSPS) is 12.5. The van der Waals surface area contributed by atoms with Crippen molar-refractivity contribution in [2.45, 2.75) is 25.2 Å². The first-order chi connectivity index (χ1) is 9.88. The van der Waals surface area contributed by atoms with E-state index in [0.717, 1.165) is 22.3 Å². The predicted octanol–water partition coefficient (Wildman–Crippen LogP) is 2.15. The second-order valence-electron chi connectivity index (χ2n) is 5.02. The van der Waals surface area contributed by atoms with E-state index in [2.05, 4.69) is 0 Å². The average Bonchev–Trinajstić information content (AvgIpc) is 2.44. The summed E-state index contributed by atoms with van der Waals surface area (Å²) in [5, 5.41) is 9.31. The summed E-state index contributed by atoms with van der Waals surface area (Å²) in [4.78, 5) is 0. The van der Waals surface area contributed by atoms with Gasteiger partial charge in [0.2, 0.25) is 0 Å². The van der Waals surface area contributed by atoms with Gasteiger partial charge >= 0.3 is 29.6 Å². The fourth-order valence-electron chi connectivity index (χ4n) is 2.26. The molecule has 0 fully saturated rings. The molecule has 0 heterocycles. The SMILES string of the molecule is Cc1cc(CCC(O)S(=O)(=O)O)ccc1-c1ccccc1.[NaH]. The summed E-state index contributed by atoms with van der Waals surface area (Å²) in [6.45, 7) is 1.99. The molecule has 0 aliphatic rings. The molecule has 22 heavy (non-hydrogen) atoms. The van der Waals surface area contributed by atoms with E-state index in [1.165, 1.54) is 0 Å². The van der Waals surface area contributed by atoms with Crippen LogP contribution in [0.3, 0.4) is 0 Å². The van der Waals surface area contributed by atoms with Crippen LogP contribution in [0.25, 0.3) is 11.1 Å². The molecule has 1 atom stereocenters. The summed E-state index contributed by atoms with van der Waals surface area (Å²) >= 11 is 0. The molecule has 2 aromatic rings. The molecular formula is C16H19NaO4S. The molecule has 0 bridgehead atoms. The number of benzene rings is 2. The molecule has 0 aromatic heterocycles. The van der Waals surface area contributed by atoms with Crippen LogP contribution in [0, 0.1) is 6.92 Å². The van der Waals surface area contributed by atoms with Crippen LogP contribution in [0.15, 0.2) is 48.5 Å². The van der Waals surface area contributed by atoms with E-state index in [9.17, 15) is 13.5 Å². The molecule has 1 unspecified atom stereocenters. The number of hydrogen-bond acceptors (Lipinski definition) is 3. The topological polar surface area (TPSA) is 74.6 Å². The Hall–Kier alpha value is -0.690. The van der Waals surface area contributed by atoms with Gasteiger partial charge in [-0.2, -0.15) is 8.42 Å². The maximum atomic E-state index is 10.8. The Bertz CT molecular complexity index is 714. The van der Waals surface area contributed by atoms with Crippen LogP contribution in [-0.4, -0.2) is 53.1 Å². The molecule has 114 valence electrons. The third-order valence-corrected chi connectivity index (χ3v) is 4.32. The van der Waals surface area contributed by atoms with E-state index < -0.39 is 15.6 Å². The second-order valence-corrected chi connectivity index (χ2v) is 6.60. The van der Waals surface area contributed by atoms with Gasteiger partial charge in [0.15, 0.2) is 5.44 Å². The number of aliphatic hydroxyl groups is 1. The first kappa shape index (κ1) is 19.4. The van der Waals surface area contributed by atoms with Gasteiger partial charge in [-0.15, -0.1) is 0 Å². The summed E-state index contributed by atoms with van der Waals surface area (Å²) < 4.78 is 30.3. The van der Waals surface area contributed by atoms with E-state index in [1.807, 2.05) is 55.5 Å². The Morgan fingerprint density at radius 3 is 2.27 bits per heavy atom. The van der Waals surface area contributed by atoms with Gasteiger partial charge in [-0.05, 0) is 42.0 Å². The Morgan fingerprint density at radius 2 is 1.73 bits per heavy atom. The van der Waals surface area contributed by atoms with Crippen molar-refractivity contribution in [1.82, 2.24) is 0 Å². The van der Waals surface area contributed by atoms with Crippen LogP contribution in [0.2, 0.25) is 0 Å². The molecule has 4 nitrogen and oxygen atoms in total. The first-order valence-corrected chi connectivity index (χ1v) is 8.17. The summed E-state index contributed by atoms with van der Waals surface area (Å²) in [5.41, 5.74) is 2.52. The van der Waals surface area contributed by atoms with Crippen LogP contribution in [0.5, 0.6) is 0 Å². The summed E-state index contributed by atoms with van der Waals surface area (Å²) in [5.74, 6) is 0. The summed E-state index contributed by atoms with van der Waals surface area (Å²) in [6, 6.07) is 15.8. The molecule has 0 amide bonds. The summed E-state index contributed by atoms with van der Waals surface area (Å²) in [7, 11) is -4.38. The fourth-order valence-corrected chi connectivity index (χ4v) is 2.68. The van der Waals surface area contributed by atoms with Gasteiger partial charge in [-0.3, -0.25) is 4.55 Å². The van der Waals surface area contributed by atoms with Gasteiger partial charge in [0.05, 0.1) is 0 Å². The number of rotatable bonds is 5. The third-order valence-electron chi connectivity index (χ3n) is 3.40. The van der Waals surface area contributed by atoms with Gasteiger partial charge in [0, 0.05) is 0 Å². The molecule has 0 saturated heterocycles. The molecule has 2 aromatic carbocycles. The Labute approximate surface area is 153 Å². The molecule has 0 radical (unpaired) electrons. The molecule has 0 spiro atoms. The molecule has 2 N–H and O–H groups in total. The van der Waals surface area contributed by atoms with Gasteiger partial charge in [-0.25, -0.2) is 0 Å². The minimum absolute atomic E-state index is 0. The van der Waals surface area contributed by atoms with Crippen molar-refractivity contribution < 1.29 is 18.1 Å². The van der Waals surface area contributed by atoms with Gasteiger partial charge < -0.3 is 5.11 Å². The van der Waals surface area contributed by atoms with Crippen LogP contribution in [-0.2, 0) is 16.5 Å². The Balaban J connectivity index is 0.00000242. The van der Waals surface area contributed by atoms with Crippen molar-refractivity contribution in [1.29, 1.82) is 0 Å². The standard InChI is InChI=1S/C16H18O4S.Na.H/c1-12-11-13(8-10-16(17)21(18,19)20)7-9-15(12)14-5-3-2-4-6-14;;/h2-7,9,11,16-17H,8,10H2,1H3,(H,18,19,20);;. The average molecular weight is 330 g/mol. The molecule has 0 aliphatic heterocycles. The Morgan fingerprint density at radius 1 is 1.09 bits per heavy atom. The monoisotopic (exact) mass is 330 g/mol. The van der Waals surface area contributed by atoms with Gasteiger partial charge in [0.25, 0.3) is 10.1 Å². The van der Waals surface area contributed by atoms with E-state index in [0.29, 0.717) is 6.42 Å². The second kappa shape index (κ2) is 8.24. The van der Waals surface area contributed by atoms with Crippen molar-refractivity contribution in [3.63, 3.8) is 0 Å². The van der Waals surface area contributed by atoms with Gasteiger partial charge in [0.1, 0.15) is 0 Å². The minimum atomic E-state index is -4.38. The van der Waals surface area contributed by atoms with Crippen molar-refractivity contribution in [3.8, 4) is 11.1 Å². The number of aryl methyl sites for hydroxylation is 2. The Kier molecular flexibility index (Phi) is 7.25. The zero-order chi connectivity index (χ0) is 15.5.